The van der Waals surface area contributed by atoms with Crippen molar-refractivity contribution in [2.45, 2.75) is 13.3 Å². The highest BCUT2D eigenvalue weighted by molar-refractivity contribution is 5.23. The second-order valence-corrected chi connectivity index (χ2v) is 2.38. The molecule has 1 aliphatic carbocycles. The highest BCUT2D eigenvalue weighted by Gasteiger charge is 2.25. The highest BCUT2D eigenvalue weighted by Crippen LogP contribution is 2.36. The van der Waals surface area contributed by atoms with Gasteiger partial charge in [-0.1, -0.05) is 19.1 Å². The van der Waals surface area contributed by atoms with Gasteiger partial charge in [0.1, 0.15) is 0 Å². The lowest BCUT2D eigenvalue weighted by Crippen LogP contribution is -2.06. The topological polar surface area (TPSA) is 26.0 Å². The Hall–Kier alpha value is -0.300. The number of nitrogens with two attached hydrogens (primary N) is 1. The lowest BCUT2D eigenvalue weighted by molar-refractivity contribution is 0.585. The molecule has 0 aliphatic heterocycles. The molecule has 0 unspecified atom stereocenters. The molecule has 0 saturated carbocycles. The molecule has 0 fully saturated rings. The summed E-state index contributed by atoms with van der Waals surface area (Å²) in [6.45, 7) is 3.00. The van der Waals surface area contributed by atoms with Crippen molar-refractivity contribution in [2.24, 2.45) is 11.1 Å². The van der Waals surface area contributed by atoms with E-state index in [0.717, 1.165) is 13.0 Å². The Morgan fingerprint density at radius 2 is 2.14 bits per heavy atom. The molecule has 1 rings (SSSR count). The van der Waals surface area contributed by atoms with E-state index in [2.05, 4.69) is 19.1 Å². The Balaban J connectivity index is 2.16. The van der Waals surface area contributed by atoms with E-state index in [1.807, 2.05) is 0 Å². The van der Waals surface area contributed by atoms with Crippen LogP contribution >= 0.6 is 0 Å². The minimum Gasteiger partial charge on any atom is -0.330 e. The maximum Gasteiger partial charge on any atom is 0.00453 e. The van der Waals surface area contributed by atoms with Gasteiger partial charge in [-0.2, -0.15) is 0 Å². The van der Waals surface area contributed by atoms with Crippen LogP contribution in [0.15, 0.2) is 12.2 Å². The van der Waals surface area contributed by atoms with Crippen molar-refractivity contribution < 1.29 is 0 Å². The second-order valence-electron chi connectivity index (χ2n) is 2.38. The maximum absolute atomic E-state index is 5.31. The molecule has 0 spiro atoms. The molecule has 0 bridgehead atoms. The molecule has 1 aliphatic rings. The van der Waals surface area contributed by atoms with Crippen LogP contribution in [0.1, 0.15) is 13.3 Å². The van der Waals surface area contributed by atoms with Crippen LogP contribution in [-0.2, 0) is 0 Å². The van der Waals surface area contributed by atoms with E-state index in [0.29, 0.717) is 5.41 Å². The van der Waals surface area contributed by atoms with Gasteiger partial charge in [-0.15, -0.1) is 0 Å². The third-order valence-corrected chi connectivity index (χ3v) is 1.42. The molecule has 1 nitrogen and oxygen atoms in total. The molecule has 0 heterocycles. The first-order valence-electron chi connectivity index (χ1n) is 2.67. The Labute approximate surface area is 44.2 Å². The average Bonchev–Trinajstić information content (AvgIpc) is 2.22. The van der Waals surface area contributed by atoms with Gasteiger partial charge in [0.05, 0.1) is 0 Å². The summed E-state index contributed by atoms with van der Waals surface area (Å²) in [5.74, 6) is 0. The molecule has 0 radical (unpaired) electrons. The van der Waals surface area contributed by atoms with E-state index in [-0.39, 0.29) is 0 Å². The molecular weight excluding hydrogens is 86.1 g/mol. The van der Waals surface area contributed by atoms with Crippen LogP contribution in [0.5, 0.6) is 0 Å². The van der Waals surface area contributed by atoms with Crippen molar-refractivity contribution in [3.63, 3.8) is 0 Å². The number of hydrogen-bond donors (Lipinski definition) is 1. The van der Waals surface area contributed by atoms with Crippen LogP contribution in [0.3, 0.4) is 0 Å². The average molecular weight is 97.2 g/mol. The molecule has 0 aromatic rings. The van der Waals surface area contributed by atoms with Gasteiger partial charge in [0.25, 0.3) is 0 Å². The standard InChI is InChI=1S/C6H11N/c1-6(2-3-6)4-5-7/h2-3H,4-5,7H2,1H3. The number of hydrogen-bond acceptors (Lipinski definition) is 1. The van der Waals surface area contributed by atoms with Crippen molar-refractivity contribution in [1.82, 2.24) is 0 Å². The van der Waals surface area contributed by atoms with E-state index < -0.39 is 0 Å². The first-order chi connectivity index (χ1) is 3.27. The molecule has 2 N–H and O–H groups in total. The fourth-order valence-electron chi connectivity index (χ4n) is 0.620. The Kier molecular flexibility index (Phi) is 0.927. The van der Waals surface area contributed by atoms with Crippen LogP contribution in [0, 0.1) is 5.41 Å². The summed E-state index contributed by atoms with van der Waals surface area (Å²) in [4.78, 5) is 0. The fraction of sp³-hybridized carbons (Fsp3) is 0.667. The predicted molar refractivity (Wildman–Crippen MR) is 30.9 cm³/mol. The van der Waals surface area contributed by atoms with E-state index in [1.165, 1.54) is 0 Å². The summed E-state index contributed by atoms with van der Waals surface area (Å²) in [6.07, 6.45) is 5.51. The third-order valence-electron chi connectivity index (χ3n) is 1.42. The Morgan fingerprint density at radius 3 is 2.29 bits per heavy atom. The van der Waals surface area contributed by atoms with Gasteiger partial charge < -0.3 is 5.73 Å². The molecule has 7 heavy (non-hydrogen) atoms. The SMILES string of the molecule is CC1(CCN)C=C1. The van der Waals surface area contributed by atoms with Crippen LogP contribution < -0.4 is 5.73 Å². The van der Waals surface area contributed by atoms with E-state index in [9.17, 15) is 0 Å². The van der Waals surface area contributed by atoms with Crippen molar-refractivity contribution in [3.8, 4) is 0 Å². The zero-order valence-corrected chi connectivity index (χ0v) is 4.65. The zero-order chi connectivity index (χ0) is 5.33. The molecule has 40 valence electrons. The van der Waals surface area contributed by atoms with Gasteiger partial charge in [-0.3, -0.25) is 0 Å². The quantitative estimate of drug-likeness (QED) is 0.509. The highest BCUT2D eigenvalue weighted by atomic mass is 14.5. The summed E-state index contributed by atoms with van der Waals surface area (Å²) in [6, 6.07) is 0. The molecule has 0 saturated heterocycles. The minimum atomic E-state index is 0.425. The van der Waals surface area contributed by atoms with Crippen LogP contribution in [0.4, 0.5) is 0 Å². The van der Waals surface area contributed by atoms with Crippen molar-refractivity contribution >= 4 is 0 Å². The summed E-state index contributed by atoms with van der Waals surface area (Å²) >= 11 is 0. The predicted octanol–water partition coefficient (Wildman–Crippen LogP) is 0.911. The van der Waals surface area contributed by atoms with Gasteiger partial charge in [-0.05, 0) is 13.0 Å². The van der Waals surface area contributed by atoms with Gasteiger partial charge in [0.2, 0.25) is 0 Å². The maximum atomic E-state index is 5.31. The Morgan fingerprint density at radius 1 is 1.57 bits per heavy atom. The largest absolute Gasteiger partial charge is 0.330 e. The second kappa shape index (κ2) is 1.34. The fourth-order valence-corrected chi connectivity index (χ4v) is 0.620. The van der Waals surface area contributed by atoms with E-state index >= 15 is 0 Å². The molecule has 0 amide bonds. The van der Waals surface area contributed by atoms with E-state index in [4.69, 9.17) is 5.73 Å². The lowest BCUT2D eigenvalue weighted by atomic mass is 10.0. The third kappa shape index (κ3) is 1.03. The van der Waals surface area contributed by atoms with Crippen molar-refractivity contribution in [2.75, 3.05) is 6.54 Å². The van der Waals surface area contributed by atoms with Gasteiger partial charge >= 0.3 is 0 Å². The van der Waals surface area contributed by atoms with Crippen molar-refractivity contribution in [3.05, 3.63) is 12.2 Å². The molecule has 0 aromatic carbocycles. The molecule has 0 aromatic heterocycles. The number of rotatable bonds is 2. The number of allylic oxidation sites excluding steroid dienone is 2. The van der Waals surface area contributed by atoms with Gasteiger partial charge in [-0.25, -0.2) is 0 Å². The van der Waals surface area contributed by atoms with Crippen molar-refractivity contribution in [1.29, 1.82) is 0 Å². The van der Waals surface area contributed by atoms with Gasteiger partial charge in [0, 0.05) is 5.41 Å². The first-order valence-corrected chi connectivity index (χ1v) is 2.67. The smallest absolute Gasteiger partial charge is 0.00453 e. The minimum absolute atomic E-state index is 0.425. The van der Waals surface area contributed by atoms with Crippen LogP contribution in [0.25, 0.3) is 0 Å². The Bertz CT molecular complexity index is 88.4. The van der Waals surface area contributed by atoms with E-state index in [1.54, 1.807) is 0 Å². The van der Waals surface area contributed by atoms with Crippen LogP contribution in [-0.4, -0.2) is 6.54 Å². The van der Waals surface area contributed by atoms with Gasteiger partial charge in [0.15, 0.2) is 0 Å². The van der Waals surface area contributed by atoms with Crippen LogP contribution in [0.2, 0.25) is 0 Å². The molecule has 1 heteroatoms. The normalized spacial score (nSPS) is 22.6. The summed E-state index contributed by atoms with van der Waals surface area (Å²) in [7, 11) is 0. The monoisotopic (exact) mass is 97.1 g/mol. The summed E-state index contributed by atoms with van der Waals surface area (Å²) in [5.41, 5.74) is 5.74. The summed E-state index contributed by atoms with van der Waals surface area (Å²) in [5, 5.41) is 0. The first kappa shape index (κ1) is 4.85. The molecule has 0 atom stereocenters. The lowest BCUT2D eigenvalue weighted by Gasteiger charge is -2.02. The summed E-state index contributed by atoms with van der Waals surface area (Å²) < 4.78 is 0. The zero-order valence-electron chi connectivity index (χ0n) is 4.65. The molecular formula is C6H11N.